The summed E-state index contributed by atoms with van der Waals surface area (Å²) in [4.78, 5) is 43.7. The molecule has 0 aliphatic carbocycles. The average Bonchev–Trinajstić information content (AvgIpc) is 3.54. The maximum absolute atomic E-state index is 13.2. The number of fused-ring (bicyclic) bond motifs is 1. The molecule has 4 aromatic rings. The molecule has 11 heteroatoms. The largest absolute Gasteiger partial charge is 0.503 e. The normalized spacial score (nSPS) is 16.5. The molecule has 1 aliphatic rings. The third kappa shape index (κ3) is 3.14. The Bertz CT molecular complexity index is 1370. The van der Waals surface area contributed by atoms with Crippen LogP contribution in [0.1, 0.15) is 20.6 Å². The lowest BCUT2D eigenvalue weighted by Gasteiger charge is -2.22. The lowest BCUT2D eigenvalue weighted by molar-refractivity contribution is -0.384. The van der Waals surface area contributed by atoms with Crippen molar-refractivity contribution in [2.45, 2.75) is 6.04 Å². The van der Waals surface area contributed by atoms with E-state index in [0.717, 1.165) is 11.3 Å². The van der Waals surface area contributed by atoms with E-state index in [2.05, 4.69) is 4.98 Å². The van der Waals surface area contributed by atoms with Crippen LogP contribution in [0.5, 0.6) is 0 Å². The lowest BCUT2D eigenvalue weighted by atomic mass is 10.0. The van der Waals surface area contributed by atoms with Crippen molar-refractivity contribution in [1.29, 1.82) is 0 Å². The van der Waals surface area contributed by atoms with Crippen molar-refractivity contribution in [3.63, 3.8) is 0 Å². The van der Waals surface area contributed by atoms with Gasteiger partial charge in [0, 0.05) is 17.0 Å². The van der Waals surface area contributed by atoms with Crippen LogP contribution < -0.4 is 4.90 Å². The monoisotopic (exact) mass is 469 g/mol. The number of hydrogen-bond donors (Lipinski definition) is 1. The number of benzene rings is 1. The van der Waals surface area contributed by atoms with Crippen LogP contribution in [0.3, 0.4) is 0 Å². The van der Waals surface area contributed by atoms with Crippen molar-refractivity contribution in [2.75, 3.05) is 4.90 Å². The molecule has 31 heavy (non-hydrogen) atoms. The van der Waals surface area contributed by atoms with E-state index in [1.54, 1.807) is 29.6 Å². The summed E-state index contributed by atoms with van der Waals surface area (Å²) in [5, 5.41) is 25.6. The summed E-state index contributed by atoms with van der Waals surface area (Å²) < 4.78 is 0.527. The van der Waals surface area contributed by atoms with E-state index in [9.17, 15) is 24.8 Å². The van der Waals surface area contributed by atoms with E-state index < -0.39 is 28.4 Å². The van der Waals surface area contributed by atoms with Crippen LogP contribution in [0.2, 0.25) is 0 Å². The number of anilines is 1. The predicted octanol–water partition coefficient (Wildman–Crippen LogP) is 5.11. The first-order valence-electron chi connectivity index (χ1n) is 8.89. The molecule has 8 nitrogen and oxygen atoms in total. The van der Waals surface area contributed by atoms with Crippen molar-refractivity contribution in [2.24, 2.45) is 0 Å². The third-order valence-electron chi connectivity index (χ3n) is 4.79. The van der Waals surface area contributed by atoms with E-state index in [-0.39, 0.29) is 16.4 Å². The van der Waals surface area contributed by atoms with Crippen LogP contribution in [-0.2, 0) is 4.79 Å². The second kappa shape index (κ2) is 7.38. The molecular formula is C20H11N3O5S3. The summed E-state index contributed by atoms with van der Waals surface area (Å²) in [6, 6.07) is 10.4. The Morgan fingerprint density at radius 1 is 1.16 bits per heavy atom. The Balaban J connectivity index is 1.65. The molecule has 3 aromatic heterocycles. The molecule has 154 valence electrons. The fraction of sp³-hybridized carbons (Fsp3) is 0.0500. The minimum Gasteiger partial charge on any atom is -0.503 e. The highest BCUT2D eigenvalue weighted by molar-refractivity contribution is 7.22. The van der Waals surface area contributed by atoms with Gasteiger partial charge in [-0.2, -0.15) is 0 Å². The molecule has 4 heterocycles. The first kappa shape index (κ1) is 19.5. The van der Waals surface area contributed by atoms with E-state index in [4.69, 9.17) is 0 Å². The fourth-order valence-corrected chi connectivity index (χ4v) is 5.94. The number of carbonyl (C=O) groups excluding carboxylic acids is 2. The SMILES string of the molecule is O=C(C1=C(O)C(=O)N(c2nc3ccc([N+](=O)[O-])cc3s2)C1c1cccs1)c1cccs1. The molecule has 1 amide bonds. The number of ketones is 1. The second-order valence-corrected chi connectivity index (χ2v) is 9.50. The Hall–Kier alpha value is -3.41. The number of nitro benzene ring substituents is 1. The van der Waals surface area contributed by atoms with Gasteiger partial charge < -0.3 is 5.11 Å². The van der Waals surface area contributed by atoms with Gasteiger partial charge in [0.1, 0.15) is 6.04 Å². The number of nitro groups is 1. The number of non-ortho nitro benzene ring substituents is 1. The molecule has 5 rings (SSSR count). The number of rotatable bonds is 5. The number of hydrogen-bond acceptors (Lipinski definition) is 9. The second-order valence-electron chi connectivity index (χ2n) is 6.57. The van der Waals surface area contributed by atoms with Crippen molar-refractivity contribution in [3.8, 4) is 0 Å². The van der Waals surface area contributed by atoms with Crippen molar-refractivity contribution in [3.05, 3.63) is 84.4 Å². The highest BCUT2D eigenvalue weighted by Crippen LogP contribution is 2.45. The number of carbonyl (C=O) groups is 2. The molecule has 0 saturated carbocycles. The number of thiophene rings is 2. The van der Waals surface area contributed by atoms with Crippen LogP contribution in [0.25, 0.3) is 10.2 Å². The number of nitrogens with zero attached hydrogens (tertiary/aromatic N) is 3. The predicted molar refractivity (Wildman–Crippen MR) is 119 cm³/mol. The topological polar surface area (TPSA) is 114 Å². The molecule has 0 bridgehead atoms. The maximum atomic E-state index is 13.2. The van der Waals surface area contributed by atoms with Gasteiger partial charge in [-0.15, -0.1) is 22.7 Å². The highest BCUT2D eigenvalue weighted by atomic mass is 32.1. The van der Waals surface area contributed by atoms with E-state index >= 15 is 0 Å². The van der Waals surface area contributed by atoms with Crippen LogP contribution in [0, 0.1) is 10.1 Å². The molecular weight excluding hydrogens is 458 g/mol. The molecule has 0 fully saturated rings. The van der Waals surface area contributed by atoms with Crippen LogP contribution in [-0.4, -0.2) is 26.7 Å². The van der Waals surface area contributed by atoms with Gasteiger partial charge in [-0.1, -0.05) is 23.5 Å². The quantitative estimate of drug-likeness (QED) is 0.247. The zero-order valence-electron chi connectivity index (χ0n) is 15.4. The number of aliphatic hydroxyl groups is 1. The van der Waals surface area contributed by atoms with Gasteiger partial charge in [-0.05, 0) is 29.0 Å². The minimum absolute atomic E-state index is 0.000127. The lowest BCUT2D eigenvalue weighted by Crippen LogP contribution is -2.30. The molecule has 0 spiro atoms. The Labute approximate surface area is 186 Å². The van der Waals surface area contributed by atoms with Gasteiger partial charge in [0.15, 0.2) is 10.9 Å². The maximum Gasteiger partial charge on any atom is 0.296 e. The first-order valence-corrected chi connectivity index (χ1v) is 11.5. The molecule has 1 unspecified atom stereocenters. The van der Waals surface area contributed by atoms with Gasteiger partial charge >= 0.3 is 0 Å². The molecule has 1 atom stereocenters. The zero-order valence-corrected chi connectivity index (χ0v) is 17.9. The molecule has 0 saturated heterocycles. The highest BCUT2D eigenvalue weighted by Gasteiger charge is 2.46. The van der Waals surface area contributed by atoms with Crippen molar-refractivity contribution >= 4 is 66.7 Å². The van der Waals surface area contributed by atoms with Crippen LogP contribution in [0.15, 0.2) is 64.6 Å². The summed E-state index contributed by atoms with van der Waals surface area (Å²) >= 11 is 3.67. The van der Waals surface area contributed by atoms with Crippen molar-refractivity contribution in [1.82, 2.24) is 4.98 Å². The number of amides is 1. The summed E-state index contributed by atoms with van der Waals surface area (Å²) in [7, 11) is 0. The third-order valence-corrected chi connectivity index (χ3v) is 7.60. The summed E-state index contributed by atoms with van der Waals surface area (Å²) in [6.45, 7) is 0. The average molecular weight is 470 g/mol. The number of aliphatic hydroxyl groups excluding tert-OH is 1. The van der Waals surface area contributed by atoms with E-state index in [0.29, 0.717) is 20.0 Å². The fourth-order valence-electron chi connectivity index (χ4n) is 3.41. The smallest absolute Gasteiger partial charge is 0.296 e. The molecule has 1 aliphatic heterocycles. The van der Waals surface area contributed by atoms with Gasteiger partial charge in [-0.25, -0.2) is 4.98 Å². The van der Waals surface area contributed by atoms with Crippen LogP contribution >= 0.6 is 34.0 Å². The van der Waals surface area contributed by atoms with Crippen LogP contribution in [0.4, 0.5) is 10.8 Å². The van der Waals surface area contributed by atoms with Crippen molar-refractivity contribution < 1.29 is 19.6 Å². The Morgan fingerprint density at radius 2 is 1.94 bits per heavy atom. The zero-order chi connectivity index (χ0) is 21.7. The number of thiazole rings is 1. The molecule has 1 aromatic carbocycles. The Kier molecular flexibility index (Phi) is 4.65. The minimum atomic E-state index is -0.836. The summed E-state index contributed by atoms with van der Waals surface area (Å²) in [6.07, 6.45) is 0. The van der Waals surface area contributed by atoms with Gasteiger partial charge in [0.05, 0.1) is 25.6 Å². The van der Waals surface area contributed by atoms with E-state index in [1.165, 1.54) is 45.8 Å². The van der Waals surface area contributed by atoms with Gasteiger partial charge in [0.2, 0.25) is 5.78 Å². The standard InChI is InChI=1S/C20H11N3O5S3/c24-17(13-4-2-8-30-13)15-16(12-3-1-7-29-12)22(19(26)18(15)25)20-21-11-6-5-10(23(27)28)9-14(11)31-20/h1-9,16,25H. The number of aromatic nitrogens is 1. The Morgan fingerprint density at radius 3 is 2.61 bits per heavy atom. The van der Waals surface area contributed by atoms with E-state index in [1.807, 2.05) is 5.38 Å². The van der Waals surface area contributed by atoms with Gasteiger partial charge in [-0.3, -0.25) is 24.6 Å². The molecule has 0 radical (unpaired) electrons. The van der Waals surface area contributed by atoms with Gasteiger partial charge in [0.25, 0.3) is 11.6 Å². The molecule has 1 N–H and O–H groups in total. The summed E-state index contributed by atoms with van der Waals surface area (Å²) in [5.74, 6) is -1.76. The first-order chi connectivity index (χ1) is 15.0. The summed E-state index contributed by atoms with van der Waals surface area (Å²) in [5.41, 5.74) is 0.403. The number of Topliss-reactive ketones (excluding diaryl/α,β-unsaturated/α-hetero) is 1.